The summed E-state index contributed by atoms with van der Waals surface area (Å²) in [6.45, 7) is 2.58. The van der Waals surface area contributed by atoms with Crippen molar-refractivity contribution < 1.29 is 18.0 Å². The van der Waals surface area contributed by atoms with Crippen molar-refractivity contribution in [2.24, 2.45) is 11.7 Å². The van der Waals surface area contributed by atoms with E-state index in [1.54, 1.807) is 0 Å². The zero-order chi connectivity index (χ0) is 15.1. The van der Waals surface area contributed by atoms with E-state index in [2.05, 4.69) is 0 Å². The van der Waals surface area contributed by atoms with E-state index in [1.807, 2.05) is 6.92 Å². The Morgan fingerprint density at radius 3 is 2.45 bits per heavy atom. The Bertz CT molecular complexity index is 457. The van der Waals surface area contributed by atoms with Crippen molar-refractivity contribution in [3.05, 3.63) is 35.1 Å². The molecule has 5 heteroatoms. The highest BCUT2D eigenvalue weighted by Gasteiger charge is 2.19. The summed E-state index contributed by atoms with van der Waals surface area (Å²) >= 11 is 0. The Morgan fingerprint density at radius 2 is 1.85 bits per heavy atom. The summed E-state index contributed by atoms with van der Waals surface area (Å²) in [5.74, 6) is -4.48. The smallest absolute Gasteiger partial charge is 0.195 e. The molecule has 0 saturated carbocycles. The fraction of sp³-hybridized carbons (Fsp3) is 0.533. The minimum atomic E-state index is -1.59. The molecule has 0 aliphatic carbocycles. The summed E-state index contributed by atoms with van der Waals surface area (Å²) in [4.78, 5) is 11.9. The number of rotatable bonds is 8. The molecule has 0 fully saturated rings. The van der Waals surface area contributed by atoms with Gasteiger partial charge in [-0.25, -0.2) is 13.2 Å². The van der Waals surface area contributed by atoms with E-state index < -0.39 is 23.2 Å². The molecular formula is C15H20F3NO. The topological polar surface area (TPSA) is 43.1 Å². The molecule has 1 atom stereocenters. The van der Waals surface area contributed by atoms with Gasteiger partial charge in [0.1, 0.15) is 0 Å². The van der Waals surface area contributed by atoms with Crippen LogP contribution in [-0.4, -0.2) is 12.3 Å². The Morgan fingerprint density at radius 1 is 1.15 bits per heavy atom. The molecule has 1 aromatic rings. The molecule has 0 spiro atoms. The monoisotopic (exact) mass is 287 g/mol. The number of hydrogen-bond donors (Lipinski definition) is 1. The van der Waals surface area contributed by atoms with Gasteiger partial charge >= 0.3 is 0 Å². The number of carbonyl (C=O) groups is 1. The van der Waals surface area contributed by atoms with E-state index in [-0.39, 0.29) is 12.0 Å². The van der Waals surface area contributed by atoms with Crippen LogP contribution in [0, 0.1) is 23.4 Å². The molecule has 1 aromatic carbocycles. The molecule has 0 radical (unpaired) electrons. The maximum atomic E-state index is 13.5. The lowest BCUT2D eigenvalue weighted by atomic mass is 9.92. The SMILES string of the molecule is CCCC(CCN)CCC(=O)c1ccc(F)c(F)c1F. The van der Waals surface area contributed by atoms with Crippen LogP contribution in [0.1, 0.15) is 49.4 Å². The Kier molecular flexibility index (Phi) is 6.71. The maximum absolute atomic E-state index is 13.5. The van der Waals surface area contributed by atoms with Crippen LogP contribution >= 0.6 is 0 Å². The van der Waals surface area contributed by atoms with E-state index >= 15 is 0 Å². The Hall–Kier alpha value is -1.36. The van der Waals surface area contributed by atoms with Crippen LogP contribution < -0.4 is 5.73 Å². The van der Waals surface area contributed by atoms with Crippen LogP contribution in [0.15, 0.2) is 12.1 Å². The average molecular weight is 287 g/mol. The summed E-state index contributed by atoms with van der Waals surface area (Å²) in [5, 5.41) is 0. The molecule has 0 saturated heterocycles. The molecule has 1 rings (SSSR count). The summed E-state index contributed by atoms with van der Waals surface area (Å²) in [5.41, 5.74) is 5.12. The second kappa shape index (κ2) is 8.04. The van der Waals surface area contributed by atoms with Gasteiger partial charge < -0.3 is 5.73 Å². The van der Waals surface area contributed by atoms with Gasteiger partial charge in [-0.05, 0) is 37.4 Å². The lowest BCUT2D eigenvalue weighted by Crippen LogP contribution is -2.12. The van der Waals surface area contributed by atoms with Crippen molar-refractivity contribution in [2.45, 2.75) is 39.0 Å². The number of carbonyl (C=O) groups excluding carboxylic acids is 1. The van der Waals surface area contributed by atoms with Crippen molar-refractivity contribution in [1.29, 1.82) is 0 Å². The van der Waals surface area contributed by atoms with Gasteiger partial charge in [-0.15, -0.1) is 0 Å². The fourth-order valence-electron chi connectivity index (χ4n) is 2.29. The van der Waals surface area contributed by atoms with Gasteiger partial charge in [-0.2, -0.15) is 0 Å². The van der Waals surface area contributed by atoms with Crippen molar-refractivity contribution in [3.8, 4) is 0 Å². The highest BCUT2D eigenvalue weighted by Crippen LogP contribution is 2.21. The second-order valence-electron chi connectivity index (χ2n) is 4.92. The molecule has 1 unspecified atom stereocenters. The number of hydrogen-bond acceptors (Lipinski definition) is 2. The lowest BCUT2D eigenvalue weighted by molar-refractivity contribution is 0.0967. The maximum Gasteiger partial charge on any atom is 0.195 e. The van der Waals surface area contributed by atoms with Crippen LogP contribution in [0.3, 0.4) is 0 Å². The van der Waals surface area contributed by atoms with Crippen molar-refractivity contribution in [3.63, 3.8) is 0 Å². The zero-order valence-electron chi connectivity index (χ0n) is 11.6. The Labute approximate surface area is 117 Å². The predicted molar refractivity (Wildman–Crippen MR) is 71.9 cm³/mol. The normalized spacial score (nSPS) is 12.4. The summed E-state index contributed by atoms with van der Waals surface area (Å²) in [6, 6.07) is 1.77. The van der Waals surface area contributed by atoms with Gasteiger partial charge in [0, 0.05) is 6.42 Å². The first kappa shape index (κ1) is 16.7. The number of benzene rings is 1. The van der Waals surface area contributed by atoms with E-state index in [9.17, 15) is 18.0 Å². The molecular weight excluding hydrogens is 267 g/mol. The Balaban J connectivity index is 2.69. The molecule has 0 aliphatic rings. The number of halogens is 3. The molecule has 0 aromatic heterocycles. The molecule has 2 nitrogen and oxygen atoms in total. The van der Waals surface area contributed by atoms with Gasteiger partial charge in [0.05, 0.1) is 5.56 Å². The molecule has 0 aliphatic heterocycles. The van der Waals surface area contributed by atoms with E-state index in [0.29, 0.717) is 18.9 Å². The average Bonchev–Trinajstić information content (AvgIpc) is 2.42. The number of nitrogens with two attached hydrogens (primary N) is 1. The quantitative estimate of drug-likeness (QED) is 0.583. The first-order valence-corrected chi connectivity index (χ1v) is 6.88. The molecule has 0 heterocycles. The summed E-state index contributed by atoms with van der Waals surface area (Å²) in [7, 11) is 0. The van der Waals surface area contributed by atoms with Crippen molar-refractivity contribution >= 4 is 5.78 Å². The lowest BCUT2D eigenvalue weighted by Gasteiger charge is -2.14. The molecule has 0 amide bonds. The highest BCUT2D eigenvalue weighted by atomic mass is 19.2. The highest BCUT2D eigenvalue weighted by molar-refractivity contribution is 5.96. The third-order valence-corrected chi connectivity index (χ3v) is 3.39. The molecule has 20 heavy (non-hydrogen) atoms. The largest absolute Gasteiger partial charge is 0.330 e. The third kappa shape index (κ3) is 4.34. The van der Waals surface area contributed by atoms with Gasteiger partial charge in [0.15, 0.2) is 23.2 Å². The van der Waals surface area contributed by atoms with Crippen LogP contribution in [0.4, 0.5) is 13.2 Å². The van der Waals surface area contributed by atoms with Gasteiger partial charge in [-0.1, -0.05) is 19.8 Å². The van der Waals surface area contributed by atoms with E-state index in [1.165, 1.54) is 0 Å². The van der Waals surface area contributed by atoms with Crippen molar-refractivity contribution in [2.75, 3.05) is 6.54 Å². The fourth-order valence-corrected chi connectivity index (χ4v) is 2.29. The van der Waals surface area contributed by atoms with Crippen LogP contribution in [0.5, 0.6) is 0 Å². The summed E-state index contributed by atoms with van der Waals surface area (Å²) < 4.78 is 39.3. The number of Topliss-reactive ketones (excluding diaryl/α,β-unsaturated/α-hetero) is 1. The molecule has 112 valence electrons. The first-order chi connectivity index (χ1) is 9.51. The van der Waals surface area contributed by atoms with E-state index in [0.717, 1.165) is 31.4 Å². The standard InChI is InChI=1S/C15H20F3NO/c1-2-3-10(8-9-19)4-7-13(20)11-5-6-12(16)15(18)14(11)17/h5-6,10H,2-4,7-9,19H2,1H3. The minimum Gasteiger partial charge on any atom is -0.330 e. The molecule has 2 N–H and O–H groups in total. The van der Waals surface area contributed by atoms with Gasteiger partial charge in [0.25, 0.3) is 0 Å². The first-order valence-electron chi connectivity index (χ1n) is 6.88. The van der Waals surface area contributed by atoms with Gasteiger partial charge in [-0.3, -0.25) is 4.79 Å². The minimum absolute atomic E-state index is 0.118. The van der Waals surface area contributed by atoms with Crippen LogP contribution in [0.2, 0.25) is 0 Å². The van der Waals surface area contributed by atoms with Crippen LogP contribution in [-0.2, 0) is 0 Å². The van der Waals surface area contributed by atoms with E-state index in [4.69, 9.17) is 5.73 Å². The summed E-state index contributed by atoms with van der Waals surface area (Å²) in [6.07, 6.45) is 3.44. The van der Waals surface area contributed by atoms with Gasteiger partial charge in [0.2, 0.25) is 0 Å². The van der Waals surface area contributed by atoms with Crippen LogP contribution in [0.25, 0.3) is 0 Å². The number of ketones is 1. The molecule has 0 bridgehead atoms. The predicted octanol–water partition coefficient (Wildman–Crippen LogP) is 3.83. The van der Waals surface area contributed by atoms with Crippen molar-refractivity contribution in [1.82, 2.24) is 0 Å². The third-order valence-electron chi connectivity index (χ3n) is 3.39. The zero-order valence-corrected chi connectivity index (χ0v) is 11.6. The second-order valence-corrected chi connectivity index (χ2v) is 4.92.